The molecule has 0 unspecified atom stereocenters. The maximum Gasteiger partial charge on any atom is 0.290 e. The summed E-state index contributed by atoms with van der Waals surface area (Å²) in [6, 6.07) is 4.54. The Labute approximate surface area is 230 Å². The van der Waals surface area contributed by atoms with Crippen LogP contribution >= 0.6 is 15.9 Å². The summed E-state index contributed by atoms with van der Waals surface area (Å²) in [5.41, 5.74) is 3.06. The fourth-order valence-electron chi connectivity index (χ4n) is 5.57. The second kappa shape index (κ2) is 9.79. The standard InChI is InChI=1S/C28H41BrN4O3Si/c1-28(2,3)37(5,6)36-21-11-9-20(10-12-21)33-14-13-32(17-24(33)34)27(35)26-30-25-22(29)15-19(18-7-8-18)16-23(25)31(26)4/h15-16,18,20-21H,7-14,17H2,1-6H3. The Balaban J connectivity index is 1.21. The zero-order valence-electron chi connectivity index (χ0n) is 23.1. The van der Waals surface area contributed by atoms with Crippen LogP contribution in [0.2, 0.25) is 18.1 Å². The lowest BCUT2D eigenvalue weighted by Crippen LogP contribution is -2.56. The Morgan fingerprint density at radius 3 is 2.35 bits per heavy atom. The highest BCUT2D eigenvalue weighted by molar-refractivity contribution is 9.10. The highest BCUT2D eigenvalue weighted by Gasteiger charge is 2.41. The van der Waals surface area contributed by atoms with Gasteiger partial charge in [0.05, 0.1) is 5.52 Å². The molecule has 5 rings (SSSR count). The lowest BCUT2D eigenvalue weighted by Gasteiger charge is -2.44. The molecule has 0 spiro atoms. The molecule has 2 aromatic rings. The van der Waals surface area contributed by atoms with Crippen LogP contribution in [-0.2, 0) is 16.3 Å². The number of benzene rings is 1. The minimum Gasteiger partial charge on any atom is -0.414 e. The lowest BCUT2D eigenvalue weighted by atomic mass is 9.91. The summed E-state index contributed by atoms with van der Waals surface area (Å²) in [6.45, 7) is 12.7. The van der Waals surface area contributed by atoms with E-state index in [1.54, 1.807) is 4.90 Å². The molecule has 3 fully saturated rings. The number of aryl methyl sites for hydroxylation is 1. The van der Waals surface area contributed by atoms with E-state index in [1.165, 1.54) is 18.4 Å². The number of imidazole rings is 1. The fourth-order valence-corrected chi connectivity index (χ4v) is 7.54. The third-order valence-electron chi connectivity index (χ3n) is 9.10. The number of amides is 2. The third kappa shape index (κ3) is 5.28. The first-order valence-corrected chi connectivity index (χ1v) is 17.5. The molecular weight excluding hydrogens is 548 g/mol. The minimum absolute atomic E-state index is 0.0457. The fraction of sp³-hybridized carbons (Fsp3) is 0.679. The predicted octanol–water partition coefficient (Wildman–Crippen LogP) is 5.83. The predicted molar refractivity (Wildman–Crippen MR) is 152 cm³/mol. The normalized spacial score (nSPS) is 23.7. The Kier molecular flexibility index (Phi) is 7.11. The van der Waals surface area contributed by atoms with Crippen LogP contribution in [0.4, 0.5) is 0 Å². The van der Waals surface area contributed by atoms with Gasteiger partial charge in [-0.3, -0.25) is 9.59 Å². The molecule has 1 aliphatic heterocycles. The molecule has 2 amide bonds. The van der Waals surface area contributed by atoms with E-state index in [0.29, 0.717) is 30.9 Å². The van der Waals surface area contributed by atoms with Gasteiger partial charge < -0.3 is 18.8 Å². The summed E-state index contributed by atoms with van der Waals surface area (Å²) in [4.78, 5) is 35.0. The van der Waals surface area contributed by atoms with Crippen molar-refractivity contribution in [3.05, 3.63) is 28.0 Å². The number of carbonyl (C=O) groups excluding carboxylic acids is 2. The van der Waals surface area contributed by atoms with Crippen LogP contribution in [0.5, 0.6) is 0 Å². The summed E-state index contributed by atoms with van der Waals surface area (Å²) < 4.78 is 9.45. The SMILES string of the molecule is Cn1c(C(=O)N2CCN(C3CCC(O[Si](C)(C)C(C)(C)C)CC3)C(=O)C2)nc2c(Br)cc(C3CC3)cc21. The van der Waals surface area contributed by atoms with E-state index in [-0.39, 0.29) is 29.4 Å². The van der Waals surface area contributed by atoms with Crippen molar-refractivity contribution < 1.29 is 14.0 Å². The summed E-state index contributed by atoms with van der Waals surface area (Å²) in [5.74, 6) is 0.893. The molecule has 1 saturated heterocycles. The van der Waals surface area contributed by atoms with E-state index in [0.717, 1.165) is 41.2 Å². The minimum atomic E-state index is -1.78. The number of halogens is 1. The summed E-state index contributed by atoms with van der Waals surface area (Å²) in [6.07, 6.45) is 6.69. The molecule has 37 heavy (non-hydrogen) atoms. The second-order valence-electron chi connectivity index (χ2n) is 12.8. The smallest absolute Gasteiger partial charge is 0.290 e. The molecule has 0 radical (unpaired) electrons. The van der Waals surface area contributed by atoms with Gasteiger partial charge in [-0.1, -0.05) is 20.8 Å². The van der Waals surface area contributed by atoms with E-state index >= 15 is 0 Å². The van der Waals surface area contributed by atoms with Gasteiger partial charge in [-0.15, -0.1) is 0 Å². The van der Waals surface area contributed by atoms with E-state index in [1.807, 2.05) is 16.5 Å². The van der Waals surface area contributed by atoms with Gasteiger partial charge in [0.15, 0.2) is 14.1 Å². The summed E-state index contributed by atoms with van der Waals surface area (Å²) in [5, 5.41) is 0.206. The molecule has 7 nitrogen and oxygen atoms in total. The number of nitrogens with zero attached hydrogens (tertiary/aromatic N) is 4. The largest absolute Gasteiger partial charge is 0.414 e. The molecular formula is C28H41BrN4O3Si. The van der Waals surface area contributed by atoms with Crippen molar-refractivity contribution in [1.82, 2.24) is 19.4 Å². The van der Waals surface area contributed by atoms with Crippen molar-refractivity contribution >= 4 is 47.1 Å². The van der Waals surface area contributed by atoms with Crippen molar-refractivity contribution in [3.63, 3.8) is 0 Å². The molecule has 1 aromatic carbocycles. The van der Waals surface area contributed by atoms with Crippen LogP contribution < -0.4 is 0 Å². The topological polar surface area (TPSA) is 67.7 Å². The number of carbonyl (C=O) groups is 2. The first-order valence-electron chi connectivity index (χ1n) is 13.8. The lowest BCUT2D eigenvalue weighted by molar-refractivity contribution is -0.138. The van der Waals surface area contributed by atoms with Crippen LogP contribution in [0.1, 0.15) is 81.4 Å². The average molecular weight is 590 g/mol. The molecule has 9 heteroatoms. The van der Waals surface area contributed by atoms with Gasteiger partial charge in [-0.25, -0.2) is 4.98 Å². The van der Waals surface area contributed by atoms with Crippen LogP contribution in [0.25, 0.3) is 11.0 Å². The van der Waals surface area contributed by atoms with Crippen molar-refractivity contribution in [3.8, 4) is 0 Å². The number of hydrogen-bond acceptors (Lipinski definition) is 4. The first kappa shape index (κ1) is 26.9. The number of hydrogen-bond donors (Lipinski definition) is 0. The molecule has 2 aliphatic carbocycles. The Morgan fingerprint density at radius 1 is 1.08 bits per heavy atom. The quantitative estimate of drug-likeness (QED) is 0.412. The monoisotopic (exact) mass is 588 g/mol. The van der Waals surface area contributed by atoms with E-state index < -0.39 is 8.32 Å². The molecule has 0 bridgehead atoms. The van der Waals surface area contributed by atoms with Crippen LogP contribution in [0.3, 0.4) is 0 Å². The van der Waals surface area contributed by atoms with E-state index in [2.05, 4.69) is 66.9 Å². The highest BCUT2D eigenvalue weighted by Crippen LogP contribution is 2.43. The van der Waals surface area contributed by atoms with Gasteiger partial charge in [-0.2, -0.15) is 0 Å². The van der Waals surface area contributed by atoms with Gasteiger partial charge in [-0.05, 0) is 96.2 Å². The summed E-state index contributed by atoms with van der Waals surface area (Å²) in [7, 11) is 0.113. The maximum atomic E-state index is 13.5. The van der Waals surface area contributed by atoms with Gasteiger partial charge in [0.25, 0.3) is 5.91 Å². The Hall–Kier alpha value is -1.71. The molecule has 0 atom stereocenters. The number of aromatic nitrogens is 2. The zero-order valence-corrected chi connectivity index (χ0v) is 25.7. The van der Waals surface area contributed by atoms with Crippen LogP contribution in [0, 0.1) is 0 Å². The van der Waals surface area contributed by atoms with E-state index in [9.17, 15) is 9.59 Å². The second-order valence-corrected chi connectivity index (χ2v) is 18.4. The van der Waals surface area contributed by atoms with E-state index in [4.69, 9.17) is 4.43 Å². The Morgan fingerprint density at radius 2 is 1.76 bits per heavy atom. The molecule has 3 aliphatic rings. The highest BCUT2D eigenvalue weighted by atomic mass is 79.9. The van der Waals surface area contributed by atoms with Crippen LogP contribution in [-0.4, -0.2) is 71.3 Å². The zero-order chi connectivity index (χ0) is 26.7. The first-order chi connectivity index (χ1) is 17.4. The number of rotatable bonds is 5. The Bertz CT molecular complexity index is 1210. The van der Waals surface area contributed by atoms with Gasteiger partial charge in [0.1, 0.15) is 12.1 Å². The van der Waals surface area contributed by atoms with Crippen molar-refractivity contribution in [1.29, 1.82) is 0 Å². The van der Waals surface area contributed by atoms with Crippen molar-refractivity contribution in [2.45, 2.75) is 95.5 Å². The molecule has 0 N–H and O–H groups in total. The van der Waals surface area contributed by atoms with Gasteiger partial charge >= 0.3 is 0 Å². The maximum absolute atomic E-state index is 13.5. The number of fused-ring (bicyclic) bond motifs is 1. The molecule has 2 saturated carbocycles. The summed E-state index contributed by atoms with van der Waals surface area (Å²) >= 11 is 3.66. The van der Waals surface area contributed by atoms with Gasteiger partial charge in [0, 0.05) is 36.8 Å². The molecule has 1 aromatic heterocycles. The van der Waals surface area contributed by atoms with Crippen LogP contribution in [0.15, 0.2) is 16.6 Å². The van der Waals surface area contributed by atoms with Crippen molar-refractivity contribution in [2.24, 2.45) is 7.05 Å². The van der Waals surface area contributed by atoms with Crippen molar-refractivity contribution in [2.75, 3.05) is 19.6 Å². The number of piperazine rings is 1. The van der Waals surface area contributed by atoms with Gasteiger partial charge in [0.2, 0.25) is 5.91 Å². The molecule has 2 heterocycles. The third-order valence-corrected chi connectivity index (χ3v) is 14.2. The average Bonchev–Trinajstić information content (AvgIpc) is 3.62. The molecule has 202 valence electrons.